The molecular weight excluding hydrogens is 216 g/mol. The summed E-state index contributed by atoms with van der Waals surface area (Å²) in [4.78, 5) is 0. The van der Waals surface area contributed by atoms with E-state index in [-0.39, 0.29) is 0 Å². The van der Waals surface area contributed by atoms with E-state index in [1.807, 2.05) is 0 Å². The van der Waals surface area contributed by atoms with Crippen LogP contribution in [-0.4, -0.2) is 0 Å². The zero-order chi connectivity index (χ0) is 13.6. The largest absolute Gasteiger partial charge is 0.0848 e. The minimum Gasteiger partial charge on any atom is -0.0848 e. The van der Waals surface area contributed by atoms with Crippen molar-refractivity contribution < 1.29 is 0 Å². The molecule has 1 aliphatic carbocycles. The second-order valence-corrected chi connectivity index (χ2v) is 6.01. The molecule has 0 saturated carbocycles. The minimum atomic E-state index is 0.346. The summed E-state index contributed by atoms with van der Waals surface area (Å²) in [7, 11) is 0. The first kappa shape index (κ1) is 15.0. The smallest absolute Gasteiger partial charge is 0.0104 e. The molecule has 0 radical (unpaired) electrons. The van der Waals surface area contributed by atoms with Gasteiger partial charge in [0.2, 0.25) is 0 Å². The first-order valence-electron chi connectivity index (χ1n) is 7.19. The Kier molecular flexibility index (Phi) is 5.65. The summed E-state index contributed by atoms with van der Waals surface area (Å²) in [6.07, 6.45) is 16.1. The van der Waals surface area contributed by atoms with Gasteiger partial charge in [-0.05, 0) is 50.5 Å². The van der Waals surface area contributed by atoms with Crippen LogP contribution < -0.4 is 0 Å². The molecule has 0 aromatic rings. The maximum Gasteiger partial charge on any atom is -0.0104 e. The lowest BCUT2D eigenvalue weighted by atomic mass is 9.72. The summed E-state index contributed by atoms with van der Waals surface area (Å²) >= 11 is 0. The Morgan fingerprint density at radius 3 is 2.67 bits per heavy atom. The van der Waals surface area contributed by atoms with E-state index in [0.717, 1.165) is 6.42 Å². The van der Waals surface area contributed by atoms with E-state index in [9.17, 15) is 0 Å². The fourth-order valence-electron chi connectivity index (χ4n) is 2.64. The molecule has 0 heterocycles. The van der Waals surface area contributed by atoms with Gasteiger partial charge in [-0.3, -0.25) is 0 Å². The molecule has 18 heavy (non-hydrogen) atoms. The summed E-state index contributed by atoms with van der Waals surface area (Å²) in [5.74, 6) is 0. The molecule has 1 aliphatic rings. The highest BCUT2D eigenvalue weighted by Gasteiger charge is 2.26. The molecule has 0 aliphatic heterocycles. The first-order valence-corrected chi connectivity index (χ1v) is 7.19. The maximum absolute atomic E-state index is 2.37. The zero-order valence-corrected chi connectivity index (χ0v) is 12.7. The lowest BCUT2D eigenvalue weighted by Gasteiger charge is -2.32. The molecule has 100 valence electrons. The fourth-order valence-corrected chi connectivity index (χ4v) is 2.64. The van der Waals surface area contributed by atoms with Crippen molar-refractivity contribution in [1.29, 1.82) is 0 Å². The van der Waals surface area contributed by atoms with Crippen LogP contribution in [0.2, 0.25) is 0 Å². The normalized spacial score (nSPS) is 21.3. The van der Waals surface area contributed by atoms with Crippen LogP contribution in [0.4, 0.5) is 0 Å². The van der Waals surface area contributed by atoms with Crippen molar-refractivity contribution >= 4 is 0 Å². The number of rotatable bonds is 4. The van der Waals surface area contributed by atoms with Crippen LogP contribution in [0, 0.1) is 5.41 Å². The molecule has 0 amide bonds. The van der Waals surface area contributed by atoms with Crippen molar-refractivity contribution in [2.24, 2.45) is 5.41 Å². The third-order valence-corrected chi connectivity index (χ3v) is 3.79. The van der Waals surface area contributed by atoms with Crippen LogP contribution in [-0.2, 0) is 0 Å². The van der Waals surface area contributed by atoms with Gasteiger partial charge in [0, 0.05) is 0 Å². The molecule has 0 atom stereocenters. The highest BCUT2D eigenvalue weighted by molar-refractivity contribution is 5.36. The van der Waals surface area contributed by atoms with Gasteiger partial charge in [0.1, 0.15) is 0 Å². The predicted octanol–water partition coefficient (Wildman–Crippen LogP) is 5.98. The molecule has 1 rings (SSSR count). The third kappa shape index (κ3) is 4.33. The standard InChI is InChI=1S/C18H28/c1-6-7-8-10-15(2)12-13-17-16(3)11-9-14-18(17,4)5/h7-8,10,12-13H,6,9,11,14H2,1-5H3/b8-7+,13-12+,15-10+. The Morgan fingerprint density at radius 1 is 1.33 bits per heavy atom. The van der Waals surface area contributed by atoms with Crippen LogP contribution in [0.5, 0.6) is 0 Å². The second-order valence-electron chi connectivity index (χ2n) is 6.01. The molecule has 0 spiro atoms. The van der Waals surface area contributed by atoms with E-state index in [1.165, 1.54) is 24.8 Å². The molecule has 0 nitrogen and oxygen atoms in total. The number of allylic oxidation sites excluding steroid dienone is 8. The zero-order valence-electron chi connectivity index (χ0n) is 12.7. The van der Waals surface area contributed by atoms with Gasteiger partial charge in [-0.15, -0.1) is 0 Å². The Morgan fingerprint density at radius 2 is 2.06 bits per heavy atom. The molecular formula is C18H28. The second kappa shape index (κ2) is 6.78. The van der Waals surface area contributed by atoms with Crippen LogP contribution in [0.3, 0.4) is 0 Å². The van der Waals surface area contributed by atoms with Gasteiger partial charge in [-0.1, -0.05) is 62.3 Å². The molecule has 0 N–H and O–H groups in total. The predicted molar refractivity (Wildman–Crippen MR) is 82.7 cm³/mol. The first-order chi connectivity index (χ1) is 8.47. The van der Waals surface area contributed by atoms with Gasteiger partial charge in [0.05, 0.1) is 0 Å². The molecule has 0 aromatic heterocycles. The van der Waals surface area contributed by atoms with Gasteiger partial charge >= 0.3 is 0 Å². The lowest BCUT2D eigenvalue weighted by molar-refractivity contribution is 0.377. The van der Waals surface area contributed by atoms with Gasteiger partial charge in [-0.2, -0.15) is 0 Å². The Bertz CT molecular complexity index is 386. The van der Waals surface area contributed by atoms with E-state index in [2.05, 4.69) is 65.0 Å². The molecule has 0 heteroatoms. The molecule has 0 saturated heterocycles. The summed E-state index contributed by atoms with van der Waals surface area (Å²) in [6.45, 7) is 11.4. The minimum absolute atomic E-state index is 0.346. The topological polar surface area (TPSA) is 0 Å². The van der Waals surface area contributed by atoms with Crippen molar-refractivity contribution in [2.75, 3.05) is 0 Å². The van der Waals surface area contributed by atoms with Gasteiger partial charge in [0.15, 0.2) is 0 Å². The van der Waals surface area contributed by atoms with Gasteiger partial charge in [-0.25, -0.2) is 0 Å². The lowest BCUT2D eigenvalue weighted by Crippen LogP contribution is -2.19. The van der Waals surface area contributed by atoms with Gasteiger partial charge < -0.3 is 0 Å². The quantitative estimate of drug-likeness (QED) is 0.533. The summed E-state index contributed by atoms with van der Waals surface area (Å²) in [5, 5.41) is 0. The summed E-state index contributed by atoms with van der Waals surface area (Å²) in [5.41, 5.74) is 4.78. The number of hydrogen-bond donors (Lipinski definition) is 0. The van der Waals surface area contributed by atoms with Crippen molar-refractivity contribution in [3.05, 3.63) is 47.1 Å². The average Bonchev–Trinajstić information content (AvgIpc) is 2.28. The van der Waals surface area contributed by atoms with Crippen LogP contribution in [0.15, 0.2) is 47.1 Å². The SMILES string of the molecule is CC/C=C/C=C(C)/C=C/C1=C(C)CCCC1(C)C. The Hall–Kier alpha value is -1.04. The molecule has 0 bridgehead atoms. The van der Waals surface area contributed by atoms with Gasteiger partial charge in [0.25, 0.3) is 0 Å². The Balaban J connectivity index is 2.82. The fraction of sp³-hybridized carbons (Fsp3) is 0.556. The molecule has 0 fully saturated rings. The monoisotopic (exact) mass is 244 g/mol. The third-order valence-electron chi connectivity index (χ3n) is 3.79. The van der Waals surface area contributed by atoms with E-state index in [1.54, 1.807) is 11.1 Å². The maximum atomic E-state index is 2.37. The summed E-state index contributed by atoms with van der Waals surface area (Å²) in [6, 6.07) is 0. The van der Waals surface area contributed by atoms with Crippen molar-refractivity contribution in [3.63, 3.8) is 0 Å². The van der Waals surface area contributed by atoms with Crippen LogP contribution >= 0.6 is 0 Å². The highest BCUT2D eigenvalue weighted by atomic mass is 14.3. The highest BCUT2D eigenvalue weighted by Crippen LogP contribution is 2.40. The Labute approximate surface area is 113 Å². The number of hydrogen-bond acceptors (Lipinski definition) is 0. The van der Waals surface area contributed by atoms with Crippen molar-refractivity contribution in [3.8, 4) is 0 Å². The van der Waals surface area contributed by atoms with E-state index < -0.39 is 0 Å². The summed E-state index contributed by atoms with van der Waals surface area (Å²) < 4.78 is 0. The van der Waals surface area contributed by atoms with Crippen LogP contribution in [0.1, 0.15) is 60.3 Å². The van der Waals surface area contributed by atoms with E-state index in [0.29, 0.717) is 5.41 Å². The van der Waals surface area contributed by atoms with E-state index in [4.69, 9.17) is 0 Å². The average molecular weight is 244 g/mol. The van der Waals surface area contributed by atoms with Crippen molar-refractivity contribution in [1.82, 2.24) is 0 Å². The molecule has 0 aromatic carbocycles. The van der Waals surface area contributed by atoms with Crippen molar-refractivity contribution in [2.45, 2.75) is 60.3 Å². The molecule has 0 unspecified atom stereocenters. The van der Waals surface area contributed by atoms with Crippen LogP contribution in [0.25, 0.3) is 0 Å². The van der Waals surface area contributed by atoms with E-state index >= 15 is 0 Å².